The number of nitrogens with one attached hydrogen (secondary N) is 1. The van der Waals surface area contributed by atoms with Crippen LogP contribution in [0.3, 0.4) is 0 Å². The van der Waals surface area contributed by atoms with Gasteiger partial charge in [-0.1, -0.05) is 11.6 Å². The molecule has 4 nitrogen and oxygen atoms in total. The van der Waals surface area contributed by atoms with Gasteiger partial charge in [0.2, 0.25) is 0 Å². The van der Waals surface area contributed by atoms with Crippen molar-refractivity contribution in [3.05, 3.63) is 29.5 Å². The molecule has 1 N–H and O–H groups in total. The Labute approximate surface area is 111 Å². The van der Waals surface area contributed by atoms with Crippen LogP contribution >= 0.6 is 11.6 Å². The molecule has 96 valence electrons. The molecule has 0 radical (unpaired) electrons. The Kier molecular flexibility index (Phi) is 4.33. The predicted molar refractivity (Wildman–Crippen MR) is 74.1 cm³/mol. The van der Waals surface area contributed by atoms with Crippen LogP contribution in [0.1, 0.15) is 13.8 Å². The molecule has 18 heavy (non-hydrogen) atoms. The third-order valence-electron chi connectivity index (χ3n) is 2.44. The Morgan fingerprint density at radius 1 is 1.33 bits per heavy atom. The monoisotopic (exact) mass is 265 g/mol. The minimum atomic E-state index is 0.243. The van der Waals surface area contributed by atoms with Crippen molar-refractivity contribution in [2.75, 3.05) is 18.5 Å². The number of nitrogens with zero attached hydrogens (tertiary/aromatic N) is 2. The van der Waals surface area contributed by atoms with Gasteiger partial charge in [0, 0.05) is 17.0 Å². The number of halogens is 1. The highest BCUT2D eigenvalue weighted by molar-refractivity contribution is 6.31. The number of aromatic nitrogens is 2. The zero-order valence-corrected chi connectivity index (χ0v) is 11.2. The van der Waals surface area contributed by atoms with Gasteiger partial charge in [-0.25, -0.2) is 9.97 Å². The largest absolute Gasteiger partial charge is 0.377 e. The van der Waals surface area contributed by atoms with Crippen molar-refractivity contribution < 1.29 is 4.74 Å². The fourth-order valence-corrected chi connectivity index (χ4v) is 1.80. The Morgan fingerprint density at radius 3 is 2.94 bits per heavy atom. The van der Waals surface area contributed by atoms with Crippen LogP contribution in [0, 0.1) is 0 Å². The summed E-state index contributed by atoms with van der Waals surface area (Å²) < 4.78 is 5.47. The third kappa shape index (κ3) is 3.31. The quantitative estimate of drug-likeness (QED) is 0.844. The molecule has 0 amide bonds. The molecule has 0 spiro atoms. The van der Waals surface area contributed by atoms with Gasteiger partial charge >= 0.3 is 0 Å². The molecule has 0 fully saturated rings. The van der Waals surface area contributed by atoms with Crippen LogP contribution in [0.2, 0.25) is 5.02 Å². The predicted octanol–water partition coefficient (Wildman–Crippen LogP) is 3.12. The Bertz CT molecular complexity index is 531. The van der Waals surface area contributed by atoms with Gasteiger partial charge in [-0.05, 0) is 32.0 Å². The van der Waals surface area contributed by atoms with Crippen LogP contribution < -0.4 is 5.32 Å². The van der Waals surface area contributed by atoms with Crippen molar-refractivity contribution in [1.29, 1.82) is 0 Å². The number of ether oxygens (including phenoxy) is 1. The van der Waals surface area contributed by atoms with E-state index in [1.54, 1.807) is 0 Å². The standard InChI is InChI=1S/C13H16ClN3O/c1-9(2)18-6-5-15-13-11-4-3-10(14)7-12(11)16-8-17-13/h3-4,7-9H,5-6H2,1-2H3,(H,15,16,17). The molecular formula is C13H16ClN3O. The molecule has 1 aromatic carbocycles. The maximum absolute atomic E-state index is 5.93. The SMILES string of the molecule is CC(C)OCCNc1ncnc2cc(Cl)ccc12. The van der Waals surface area contributed by atoms with Gasteiger partial charge in [0.25, 0.3) is 0 Å². The van der Waals surface area contributed by atoms with E-state index in [1.165, 1.54) is 6.33 Å². The Morgan fingerprint density at radius 2 is 2.17 bits per heavy atom. The first-order valence-electron chi connectivity index (χ1n) is 5.92. The number of benzene rings is 1. The second kappa shape index (κ2) is 5.98. The normalized spacial score (nSPS) is 11.1. The maximum atomic E-state index is 5.93. The van der Waals surface area contributed by atoms with Crippen LogP contribution in [-0.2, 0) is 4.74 Å². The average Bonchev–Trinajstić information content (AvgIpc) is 2.34. The fraction of sp³-hybridized carbons (Fsp3) is 0.385. The van der Waals surface area contributed by atoms with Crippen LogP contribution in [-0.4, -0.2) is 29.2 Å². The number of rotatable bonds is 5. The molecule has 0 atom stereocenters. The Balaban J connectivity index is 2.08. The molecule has 0 bridgehead atoms. The second-order valence-corrected chi connectivity index (χ2v) is 4.67. The summed E-state index contributed by atoms with van der Waals surface area (Å²) in [6, 6.07) is 5.58. The molecule has 1 aromatic heterocycles. The minimum absolute atomic E-state index is 0.243. The van der Waals surface area contributed by atoms with Gasteiger partial charge in [0.05, 0.1) is 18.2 Å². The van der Waals surface area contributed by atoms with Gasteiger partial charge in [0.15, 0.2) is 0 Å². The summed E-state index contributed by atoms with van der Waals surface area (Å²) in [6.07, 6.45) is 1.78. The highest BCUT2D eigenvalue weighted by atomic mass is 35.5. The van der Waals surface area contributed by atoms with Crippen LogP contribution in [0.4, 0.5) is 5.82 Å². The van der Waals surface area contributed by atoms with Gasteiger partial charge in [-0.15, -0.1) is 0 Å². The molecule has 0 saturated heterocycles. The van der Waals surface area contributed by atoms with Crippen molar-refractivity contribution in [2.45, 2.75) is 20.0 Å². The fourth-order valence-electron chi connectivity index (χ4n) is 1.64. The van der Waals surface area contributed by atoms with Crippen molar-refractivity contribution in [3.8, 4) is 0 Å². The van der Waals surface area contributed by atoms with Gasteiger partial charge in [0.1, 0.15) is 12.1 Å². The third-order valence-corrected chi connectivity index (χ3v) is 2.68. The summed E-state index contributed by atoms with van der Waals surface area (Å²) in [4.78, 5) is 8.42. The van der Waals surface area contributed by atoms with E-state index in [2.05, 4.69) is 15.3 Å². The maximum Gasteiger partial charge on any atom is 0.137 e. The number of hydrogen-bond donors (Lipinski definition) is 1. The molecule has 0 saturated carbocycles. The van der Waals surface area contributed by atoms with E-state index in [4.69, 9.17) is 16.3 Å². The van der Waals surface area contributed by atoms with Crippen LogP contribution in [0.25, 0.3) is 10.9 Å². The lowest BCUT2D eigenvalue weighted by molar-refractivity contribution is 0.0870. The molecule has 0 aliphatic carbocycles. The van der Waals surface area contributed by atoms with Gasteiger partial charge < -0.3 is 10.1 Å². The van der Waals surface area contributed by atoms with E-state index in [9.17, 15) is 0 Å². The smallest absolute Gasteiger partial charge is 0.137 e. The van der Waals surface area contributed by atoms with E-state index in [0.717, 1.165) is 16.7 Å². The van der Waals surface area contributed by atoms with Crippen LogP contribution in [0.15, 0.2) is 24.5 Å². The van der Waals surface area contributed by atoms with E-state index in [-0.39, 0.29) is 6.10 Å². The zero-order valence-electron chi connectivity index (χ0n) is 10.5. The van der Waals surface area contributed by atoms with E-state index >= 15 is 0 Å². The second-order valence-electron chi connectivity index (χ2n) is 4.23. The molecule has 0 unspecified atom stereocenters. The molecule has 2 rings (SSSR count). The lowest BCUT2D eigenvalue weighted by Crippen LogP contribution is -2.14. The number of fused-ring (bicyclic) bond motifs is 1. The van der Waals surface area contributed by atoms with Crippen molar-refractivity contribution in [1.82, 2.24) is 9.97 Å². The highest BCUT2D eigenvalue weighted by Crippen LogP contribution is 2.22. The van der Waals surface area contributed by atoms with Gasteiger partial charge in [-0.2, -0.15) is 0 Å². The van der Waals surface area contributed by atoms with E-state index in [1.807, 2.05) is 32.0 Å². The van der Waals surface area contributed by atoms with Crippen LogP contribution in [0.5, 0.6) is 0 Å². The van der Waals surface area contributed by atoms with Gasteiger partial charge in [-0.3, -0.25) is 0 Å². The first-order valence-corrected chi connectivity index (χ1v) is 6.30. The molecular weight excluding hydrogens is 250 g/mol. The molecule has 0 aliphatic rings. The zero-order chi connectivity index (χ0) is 13.0. The van der Waals surface area contributed by atoms with E-state index < -0.39 is 0 Å². The molecule has 5 heteroatoms. The lowest BCUT2D eigenvalue weighted by Gasteiger charge is -2.10. The summed E-state index contributed by atoms with van der Waals surface area (Å²) in [5.41, 5.74) is 0.838. The topological polar surface area (TPSA) is 47.0 Å². The molecule has 0 aliphatic heterocycles. The van der Waals surface area contributed by atoms with Crippen molar-refractivity contribution in [2.24, 2.45) is 0 Å². The number of hydrogen-bond acceptors (Lipinski definition) is 4. The average molecular weight is 266 g/mol. The molecule has 2 aromatic rings. The lowest BCUT2D eigenvalue weighted by atomic mass is 10.2. The number of anilines is 1. The summed E-state index contributed by atoms with van der Waals surface area (Å²) in [5.74, 6) is 0.809. The summed E-state index contributed by atoms with van der Waals surface area (Å²) in [7, 11) is 0. The molecule has 1 heterocycles. The summed E-state index contributed by atoms with van der Waals surface area (Å²) >= 11 is 5.93. The summed E-state index contributed by atoms with van der Waals surface area (Å²) in [5, 5.41) is 4.88. The highest BCUT2D eigenvalue weighted by Gasteiger charge is 2.03. The Hall–Kier alpha value is -1.39. The van der Waals surface area contributed by atoms with Crippen molar-refractivity contribution >= 4 is 28.3 Å². The first kappa shape index (κ1) is 13.1. The van der Waals surface area contributed by atoms with Crippen molar-refractivity contribution in [3.63, 3.8) is 0 Å². The summed E-state index contributed by atoms with van der Waals surface area (Å²) in [6.45, 7) is 5.40. The van der Waals surface area contributed by atoms with E-state index in [0.29, 0.717) is 18.2 Å². The first-order chi connectivity index (χ1) is 8.66. The minimum Gasteiger partial charge on any atom is -0.377 e.